The number of hydrogen-bond acceptors (Lipinski definition) is 4. The highest BCUT2D eigenvalue weighted by atomic mass is 16.5. The minimum atomic E-state index is -0.215. The van der Waals surface area contributed by atoms with E-state index in [1.54, 1.807) is 18.0 Å². The van der Waals surface area contributed by atoms with Gasteiger partial charge in [-0.3, -0.25) is 9.48 Å². The first-order valence-corrected chi connectivity index (χ1v) is 10.9. The van der Waals surface area contributed by atoms with Crippen molar-refractivity contribution in [2.24, 2.45) is 0 Å². The number of benzene rings is 3. The van der Waals surface area contributed by atoms with Gasteiger partial charge in [0.1, 0.15) is 17.9 Å². The number of nitrogens with zero attached hydrogens (tertiary/aromatic N) is 2. The molecule has 1 N–H and O–H groups in total. The molecule has 0 bridgehead atoms. The summed E-state index contributed by atoms with van der Waals surface area (Å²) in [6.07, 6.45) is 2.40. The number of amides is 1. The topological polar surface area (TPSA) is 65.4 Å². The fourth-order valence-electron chi connectivity index (χ4n) is 3.56. The van der Waals surface area contributed by atoms with E-state index < -0.39 is 0 Å². The van der Waals surface area contributed by atoms with Gasteiger partial charge in [-0.15, -0.1) is 5.10 Å². The van der Waals surface area contributed by atoms with E-state index in [1.165, 1.54) is 0 Å². The summed E-state index contributed by atoms with van der Waals surface area (Å²) in [7, 11) is 1.65. The number of ether oxygens (including phenoxy) is 2. The maximum Gasteiger partial charge on any atom is 0.258 e. The molecular weight excluding hydrogens is 414 g/mol. The Labute approximate surface area is 193 Å². The van der Waals surface area contributed by atoms with Gasteiger partial charge in [0.05, 0.1) is 13.7 Å². The van der Waals surface area contributed by atoms with Crippen molar-refractivity contribution in [1.29, 1.82) is 0 Å². The molecule has 1 amide bonds. The molecule has 4 aromatic rings. The second-order valence-electron chi connectivity index (χ2n) is 7.62. The molecule has 0 saturated carbocycles. The van der Waals surface area contributed by atoms with E-state index in [9.17, 15) is 4.79 Å². The molecule has 0 aliphatic rings. The molecule has 0 aliphatic heterocycles. The largest absolute Gasteiger partial charge is 0.496 e. The van der Waals surface area contributed by atoms with Crippen molar-refractivity contribution in [2.45, 2.75) is 19.6 Å². The second kappa shape index (κ2) is 11.0. The molecule has 0 radical (unpaired) electrons. The third-order valence-electron chi connectivity index (χ3n) is 5.25. The summed E-state index contributed by atoms with van der Waals surface area (Å²) in [4.78, 5) is 13.0. The van der Waals surface area contributed by atoms with Crippen molar-refractivity contribution in [1.82, 2.24) is 15.1 Å². The predicted molar refractivity (Wildman–Crippen MR) is 128 cm³/mol. The highest BCUT2D eigenvalue weighted by molar-refractivity contribution is 5.96. The molecular formula is C27H27N3O3. The summed E-state index contributed by atoms with van der Waals surface area (Å²) in [6.45, 7) is 1.36. The molecule has 0 fully saturated rings. The van der Waals surface area contributed by atoms with E-state index in [0.29, 0.717) is 37.6 Å². The van der Waals surface area contributed by atoms with Crippen LogP contribution in [0, 0.1) is 0 Å². The molecule has 6 nitrogen and oxygen atoms in total. The van der Waals surface area contributed by atoms with Crippen LogP contribution in [0.5, 0.6) is 11.6 Å². The van der Waals surface area contributed by atoms with Crippen molar-refractivity contribution in [3.63, 3.8) is 0 Å². The van der Waals surface area contributed by atoms with Gasteiger partial charge in [-0.25, -0.2) is 0 Å². The standard InChI is InChI=1S/C27H27N3O3/c1-32-25-15-9-8-14-23(25)16-17-28-26(31)24-19-30(18-21-10-4-2-5-11-21)29-27(24)33-20-22-12-6-3-7-13-22/h2-15,19H,16-18,20H2,1H3,(H,28,31). The number of aromatic nitrogens is 2. The molecule has 1 aromatic heterocycles. The highest BCUT2D eigenvalue weighted by Crippen LogP contribution is 2.20. The van der Waals surface area contributed by atoms with Gasteiger partial charge in [0.15, 0.2) is 0 Å². The van der Waals surface area contributed by atoms with E-state index in [4.69, 9.17) is 9.47 Å². The Hall–Kier alpha value is -4.06. The van der Waals surface area contributed by atoms with E-state index in [1.807, 2.05) is 84.9 Å². The van der Waals surface area contributed by atoms with Gasteiger partial charge in [0, 0.05) is 12.7 Å². The summed E-state index contributed by atoms with van der Waals surface area (Å²) in [6, 6.07) is 27.6. The molecule has 0 unspecified atom stereocenters. The van der Waals surface area contributed by atoms with Gasteiger partial charge in [-0.05, 0) is 29.2 Å². The molecule has 0 atom stereocenters. The molecule has 6 heteroatoms. The zero-order valence-electron chi connectivity index (χ0n) is 18.6. The van der Waals surface area contributed by atoms with Crippen LogP contribution in [0.25, 0.3) is 0 Å². The van der Waals surface area contributed by atoms with Crippen molar-refractivity contribution < 1.29 is 14.3 Å². The van der Waals surface area contributed by atoms with Crippen LogP contribution in [0.1, 0.15) is 27.0 Å². The number of carbonyl (C=O) groups is 1. The number of carbonyl (C=O) groups excluding carboxylic acids is 1. The fourth-order valence-corrected chi connectivity index (χ4v) is 3.56. The number of rotatable bonds is 10. The number of hydrogen-bond donors (Lipinski definition) is 1. The van der Waals surface area contributed by atoms with E-state index >= 15 is 0 Å². The van der Waals surface area contributed by atoms with Gasteiger partial charge >= 0.3 is 0 Å². The van der Waals surface area contributed by atoms with Gasteiger partial charge in [0.2, 0.25) is 5.88 Å². The zero-order valence-corrected chi connectivity index (χ0v) is 18.6. The zero-order chi connectivity index (χ0) is 22.9. The first-order chi connectivity index (χ1) is 16.2. The normalized spacial score (nSPS) is 10.6. The second-order valence-corrected chi connectivity index (χ2v) is 7.62. The van der Waals surface area contributed by atoms with E-state index in [0.717, 1.165) is 22.4 Å². The Morgan fingerprint density at radius 3 is 2.30 bits per heavy atom. The molecule has 168 valence electrons. The van der Waals surface area contributed by atoms with Crippen molar-refractivity contribution in [2.75, 3.05) is 13.7 Å². The van der Waals surface area contributed by atoms with E-state index in [2.05, 4.69) is 10.4 Å². The highest BCUT2D eigenvalue weighted by Gasteiger charge is 2.18. The molecule has 1 heterocycles. The minimum absolute atomic E-state index is 0.215. The number of methoxy groups -OCH3 is 1. The third-order valence-corrected chi connectivity index (χ3v) is 5.25. The lowest BCUT2D eigenvalue weighted by Crippen LogP contribution is -2.26. The lowest BCUT2D eigenvalue weighted by atomic mass is 10.1. The fraction of sp³-hybridized carbons (Fsp3) is 0.185. The molecule has 0 saturated heterocycles. The van der Waals surface area contributed by atoms with Crippen molar-refractivity contribution in [3.05, 3.63) is 113 Å². The Morgan fingerprint density at radius 2 is 1.58 bits per heavy atom. The van der Waals surface area contributed by atoms with Gasteiger partial charge in [0.25, 0.3) is 5.91 Å². The first-order valence-electron chi connectivity index (χ1n) is 10.9. The average Bonchev–Trinajstić information content (AvgIpc) is 3.27. The summed E-state index contributed by atoms with van der Waals surface area (Å²) in [5.41, 5.74) is 3.57. The van der Waals surface area contributed by atoms with Crippen molar-refractivity contribution >= 4 is 5.91 Å². The lowest BCUT2D eigenvalue weighted by molar-refractivity contribution is 0.0949. The molecule has 33 heavy (non-hydrogen) atoms. The van der Waals surface area contributed by atoms with Gasteiger partial charge < -0.3 is 14.8 Å². The Bertz CT molecular complexity index is 1170. The van der Waals surface area contributed by atoms with Gasteiger partial charge in [-0.1, -0.05) is 78.9 Å². The van der Waals surface area contributed by atoms with Crippen molar-refractivity contribution in [3.8, 4) is 11.6 Å². The smallest absolute Gasteiger partial charge is 0.258 e. The molecule has 4 rings (SSSR count). The SMILES string of the molecule is COc1ccccc1CCNC(=O)c1cn(Cc2ccccc2)nc1OCc1ccccc1. The van der Waals surface area contributed by atoms with Crippen LogP contribution in [-0.2, 0) is 19.6 Å². The Morgan fingerprint density at radius 1 is 0.909 bits per heavy atom. The molecule has 0 spiro atoms. The summed E-state index contributed by atoms with van der Waals surface area (Å²) in [5.74, 6) is 0.922. The maximum atomic E-state index is 13.0. The summed E-state index contributed by atoms with van der Waals surface area (Å²) >= 11 is 0. The average molecular weight is 442 g/mol. The van der Waals surface area contributed by atoms with Gasteiger partial charge in [-0.2, -0.15) is 0 Å². The van der Waals surface area contributed by atoms with Crippen LogP contribution in [-0.4, -0.2) is 29.3 Å². The third kappa shape index (κ3) is 6.01. The van der Waals surface area contributed by atoms with Crippen LogP contribution >= 0.6 is 0 Å². The minimum Gasteiger partial charge on any atom is -0.496 e. The number of nitrogens with one attached hydrogen (secondary N) is 1. The van der Waals surface area contributed by atoms with Crippen LogP contribution in [0.3, 0.4) is 0 Å². The quantitative estimate of drug-likeness (QED) is 0.394. The Balaban J connectivity index is 1.47. The predicted octanol–water partition coefficient (Wildman–Crippen LogP) is 4.49. The van der Waals surface area contributed by atoms with Crippen LogP contribution in [0.15, 0.2) is 91.1 Å². The molecule has 3 aromatic carbocycles. The van der Waals surface area contributed by atoms with Crippen LogP contribution in [0.2, 0.25) is 0 Å². The Kier molecular flexibility index (Phi) is 7.38. The summed E-state index contributed by atoms with van der Waals surface area (Å²) in [5, 5.41) is 7.54. The van der Waals surface area contributed by atoms with Crippen LogP contribution < -0.4 is 14.8 Å². The molecule has 0 aliphatic carbocycles. The van der Waals surface area contributed by atoms with E-state index in [-0.39, 0.29) is 5.91 Å². The number of para-hydroxylation sites is 1. The summed E-state index contributed by atoms with van der Waals surface area (Å²) < 4.78 is 13.1. The monoisotopic (exact) mass is 441 g/mol. The lowest BCUT2D eigenvalue weighted by Gasteiger charge is -2.09. The maximum absolute atomic E-state index is 13.0. The van der Waals surface area contributed by atoms with Crippen LogP contribution in [0.4, 0.5) is 0 Å². The first kappa shape index (κ1) is 22.1.